The molecule has 1 aromatic rings. The van der Waals surface area contributed by atoms with E-state index in [0.29, 0.717) is 18.8 Å². The summed E-state index contributed by atoms with van der Waals surface area (Å²) in [5.74, 6) is 0. The van der Waals surface area contributed by atoms with Crippen LogP contribution in [0.1, 0.15) is 24.5 Å². The van der Waals surface area contributed by atoms with Crippen molar-refractivity contribution in [2.24, 2.45) is 0 Å². The molecule has 0 bridgehead atoms. The summed E-state index contributed by atoms with van der Waals surface area (Å²) in [6.45, 7) is 2.77. The van der Waals surface area contributed by atoms with Crippen LogP contribution in [0.3, 0.4) is 0 Å². The second-order valence-electron chi connectivity index (χ2n) is 4.05. The molecule has 0 aliphatic rings. The second-order valence-corrected chi connectivity index (χ2v) is 4.05. The summed E-state index contributed by atoms with van der Waals surface area (Å²) >= 11 is 0. The zero-order valence-electron chi connectivity index (χ0n) is 10.5. The van der Waals surface area contributed by atoms with Crippen LogP contribution in [0, 0.1) is 11.3 Å². The molecule has 0 heterocycles. The number of benzene rings is 1. The Morgan fingerprint density at radius 1 is 1.32 bits per heavy atom. The first-order valence-corrected chi connectivity index (χ1v) is 5.91. The molecule has 0 atom stereocenters. The Kier molecular flexibility index (Phi) is 5.19. The van der Waals surface area contributed by atoms with Crippen LogP contribution >= 0.6 is 0 Å². The van der Waals surface area contributed by atoms with Crippen molar-refractivity contribution in [2.75, 3.05) is 24.6 Å². The number of hydrogen-bond acceptors (Lipinski definition) is 3. The Hall–Kier alpha value is -1.74. The number of halogens is 3. The third-order valence-electron chi connectivity index (χ3n) is 2.66. The molecule has 1 aromatic carbocycles. The molecule has 1 N–H and O–H groups in total. The lowest BCUT2D eigenvalue weighted by atomic mass is 10.1. The Morgan fingerprint density at radius 3 is 2.47 bits per heavy atom. The molecule has 6 heteroatoms. The summed E-state index contributed by atoms with van der Waals surface area (Å²) < 4.78 is 38.0. The minimum Gasteiger partial charge on any atom is -0.395 e. The molecule has 0 saturated heterocycles. The van der Waals surface area contributed by atoms with Crippen molar-refractivity contribution in [2.45, 2.75) is 19.5 Å². The minimum absolute atomic E-state index is 0.0943. The SMILES string of the molecule is CCCN(CCO)c1ccc(C(F)(F)F)c(C#N)c1. The van der Waals surface area contributed by atoms with Gasteiger partial charge in [-0.25, -0.2) is 0 Å². The standard InChI is InChI=1S/C13H15F3N2O/c1-2-5-18(6-7-19)11-3-4-12(13(14,15)16)10(8-11)9-17/h3-4,8,19H,2,5-7H2,1H3. The van der Waals surface area contributed by atoms with Gasteiger partial charge in [0.05, 0.1) is 23.8 Å². The first-order chi connectivity index (χ1) is 8.93. The molecular formula is C13H15F3N2O. The largest absolute Gasteiger partial charge is 0.417 e. The normalized spacial score (nSPS) is 11.2. The number of alkyl halides is 3. The Bertz CT molecular complexity index is 460. The molecule has 0 aliphatic heterocycles. The fraction of sp³-hybridized carbons (Fsp3) is 0.462. The third-order valence-corrected chi connectivity index (χ3v) is 2.66. The predicted molar refractivity (Wildman–Crippen MR) is 65.7 cm³/mol. The van der Waals surface area contributed by atoms with Gasteiger partial charge in [0.25, 0.3) is 0 Å². The van der Waals surface area contributed by atoms with Gasteiger partial charge in [0.2, 0.25) is 0 Å². The van der Waals surface area contributed by atoms with Gasteiger partial charge in [-0.2, -0.15) is 18.4 Å². The van der Waals surface area contributed by atoms with E-state index in [-0.39, 0.29) is 6.61 Å². The molecule has 19 heavy (non-hydrogen) atoms. The Balaban J connectivity index is 3.15. The highest BCUT2D eigenvalue weighted by Crippen LogP contribution is 2.33. The van der Waals surface area contributed by atoms with Crippen LogP contribution < -0.4 is 4.90 Å². The van der Waals surface area contributed by atoms with Gasteiger partial charge >= 0.3 is 6.18 Å². The van der Waals surface area contributed by atoms with Gasteiger partial charge < -0.3 is 10.0 Å². The average Bonchev–Trinajstić information content (AvgIpc) is 2.36. The first-order valence-electron chi connectivity index (χ1n) is 5.91. The van der Waals surface area contributed by atoms with Crippen LogP contribution in [0.15, 0.2) is 18.2 Å². The molecule has 0 amide bonds. The van der Waals surface area contributed by atoms with E-state index < -0.39 is 17.3 Å². The van der Waals surface area contributed by atoms with Crippen LogP contribution in [0.25, 0.3) is 0 Å². The van der Waals surface area contributed by atoms with E-state index in [1.807, 2.05) is 6.92 Å². The van der Waals surface area contributed by atoms with E-state index in [2.05, 4.69) is 0 Å². The van der Waals surface area contributed by atoms with Crippen LogP contribution in [0.4, 0.5) is 18.9 Å². The minimum atomic E-state index is -4.53. The number of aliphatic hydroxyl groups excluding tert-OH is 1. The van der Waals surface area contributed by atoms with Gasteiger partial charge in [0, 0.05) is 18.8 Å². The Morgan fingerprint density at radius 2 is 2.00 bits per heavy atom. The van der Waals surface area contributed by atoms with Crippen molar-refractivity contribution in [3.05, 3.63) is 29.3 Å². The molecule has 1 rings (SSSR count). The number of rotatable bonds is 5. The van der Waals surface area contributed by atoms with Crippen molar-refractivity contribution in [3.8, 4) is 6.07 Å². The zero-order valence-corrected chi connectivity index (χ0v) is 10.5. The van der Waals surface area contributed by atoms with Crippen molar-refractivity contribution in [1.29, 1.82) is 5.26 Å². The maximum absolute atomic E-state index is 12.7. The van der Waals surface area contributed by atoms with E-state index in [1.54, 1.807) is 11.0 Å². The highest BCUT2D eigenvalue weighted by atomic mass is 19.4. The second kappa shape index (κ2) is 6.43. The van der Waals surface area contributed by atoms with Gasteiger partial charge in [0.15, 0.2) is 0 Å². The summed E-state index contributed by atoms with van der Waals surface area (Å²) in [6.07, 6.45) is -3.74. The Labute approximate surface area is 109 Å². The van der Waals surface area contributed by atoms with E-state index in [4.69, 9.17) is 10.4 Å². The molecule has 104 valence electrons. The summed E-state index contributed by atoms with van der Waals surface area (Å²) in [7, 11) is 0. The topological polar surface area (TPSA) is 47.3 Å². The van der Waals surface area contributed by atoms with Crippen molar-refractivity contribution in [3.63, 3.8) is 0 Å². The molecule has 3 nitrogen and oxygen atoms in total. The van der Waals surface area contributed by atoms with Crippen molar-refractivity contribution in [1.82, 2.24) is 0 Å². The number of nitrogens with zero attached hydrogens (tertiary/aromatic N) is 2. The van der Waals surface area contributed by atoms with E-state index in [1.165, 1.54) is 12.1 Å². The summed E-state index contributed by atoms with van der Waals surface area (Å²) in [5.41, 5.74) is -0.816. The predicted octanol–water partition coefficient (Wildman–Crippen LogP) is 2.79. The molecule has 0 aromatic heterocycles. The van der Waals surface area contributed by atoms with Crippen molar-refractivity contribution >= 4 is 5.69 Å². The molecular weight excluding hydrogens is 257 g/mol. The maximum atomic E-state index is 12.7. The fourth-order valence-corrected chi connectivity index (χ4v) is 1.83. The molecule has 0 spiro atoms. The van der Waals surface area contributed by atoms with Crippen molar-refractivity contribution < 1.29 is 18.3 Å². The van der Waals surface area contributed by atoms with Gasteiger partial charge in [-0.05, 0) is 24.6 Å². The lowest BCUT2D eigenvalue weighted by molar-refractivity contribution is -0.137. The smallest absolute Gasteiger partial charge is 0.395 e. The lowest BCUT2D eigenvalue weighted by Crippen LogP contribution is -2.27. The van der Waals surface area contributed by atoms with Gasteiger partial charge in [-0.15, -0.1) is 0 Å². The number of nitriles is 1. The van der Waals surface area contributed by atoms with E-state index in [0.717, 1.165) is 12.5 Å². The monoisotopic (exact) mass is 272 g/mol. The molecule has 0 fully saturated rings. The highest BCUT2D eigenvalue weighted by molar-refractivity contribution is 5.55. The summed E-state index contributed by atoms with van der Waals surface area (Å²) in [6, 6.07) is 5.03. The van der Waals surface area contributed by atoms with E-state index in [9.17, 15) is 13.2 Å². The fourth-order valence-electron chi connectivity index (χ4n) is 1.83. The van der Waals surface area contributed by atoms with Crippen LogP contribution in [-0.2, 0) is 6.18 Å². The zero-order chi connectivity index (χ0) is 14.5. The van der Waals surface area contributed by atoms with Crippen LogP contribution in [0.2, 0.25) is 0 Å². The van der Waals surface area contributed by atoms with Gasteiger partial charge in [-0.3, -0.25) is 0 Å². The first kappa shape index (κ1) is 15.3. The molecule has 0 radical (unpaired) electrons. The summed E-state index contributed by atoms with van der Waals surface area (Å²) in [5, 5.41) is 17.8. The van der Waals surface area contributed by atoms with Crippen LogP contribution in [0.5, 0.6) is 0 Å². The molecule has 0 aliphatic carbocycles. The number of aliphatic hydroxyl groups is 1. The number of anilines is 1. The van der Waals surface area contributed by atoms with Crippen LogP contribution in [-0.4, -0.2) is 24.8 Å². The van der Waals surface area contributed by atoms with Gasteiger partial charge in [0.1, 0.15) is 0 Å². The van der Waals surface area contributed by atoms with E-state index >= 15 is 0 Å². The molecule has 0 saturated carbocycles. The van der Waals surface area contributed by atoms with Gasteiger partial charge in [-0.1, -0.05) is 6.92 Å². The quantitative estimate of drug-likeness (QED) is 0.896. The third kappa shape index (κ3) is 3.86. The lowest BCUT2D eigenvalue weighted by Gasteiger charge is -2.24. The average molecular weight is 272 g/mol. The molecule has 0 unspecified atom stereocenters. The highest BCUT2D eigenvalue weighted by Gasteiger charge is 2.33. The summed E-state index contributed by atoms with van der Waals surface area (Å²) in [4.78, 5) is 1.75. The number of hydrogen-bond donors (Lipinski definition) is 1. The maximum Gasteiger partial charge on any atom is 0.417 e.